The van der Waals surface area contributed by atoms with Gasteiger partial charge in [0.1, 0.15) is 0 Å². The molecule has 1 aliphatic rings. The maximum Gasteiger partial charge on any atom is 0.274 e. The smallest absolute Gasteiger partial charge is 0.274 e. The predicted molar refractivity (Wildman–Crippen MR) is 85.7 cm³/mol. The molecule has 2 aromatic carbocycles. The number of rotatable bonds is 4. The van der Waals surface area contributed by atoms with Gasteiger partial charge in [0, 0.05) is 12.1 Å². The second-order valence-electron chi connectivity index (χ2n) is 5.27. The Labute approximate surface area is 138 Å². The normalized spacial score (nSPS) is 12.2. The van der Waals surface area contributed by atoms with Crippen LogP contribution in [0.15, 0.2) is 59.3 Å². The number of fused-ring (bicyclic) bond motifs is 1. The van der Waals surface area contributed by atoms with E-state index in [1.807, 2.05) is 48.5 Å². The summed E-state index contributed by atoms with van der Waals surface area (Å²) in [7, 11) is 0. The third kappa shape index (κ3) is 2.69. The van der Waals surface area contributed by atoms with E-state index in [0.29, 0.717) is 23.8 Å². The van der Waals surface area contributed by atoms with Crippen molar-refractivity contribution in [3.8, 4) is 22.8 Å². The fourth-order valence-electron chi connectivity index (χ4n) is 2.52. The zero-order valence-electron chi connectivity index (χ0n) is 12.7. The van der Waals surface area contributed by atoms with Gasteiger partial charge in [-0.1, -0.05) is 36.4 Å². The van der Waals surface area contributed by atoms with Crippen LogP contribution in [0.1, 0.15) is 16.1 Å². The highest BCUT2D eigenvalue weighted by atomic mass is 16.7. The highest BCUT2D eigenvalue weighted by Crippen LogP contribution is 2.32. The molecule has 1 amide bonds. The topological polar surface area (TPSA) is 73.6 Å². The second kappa shape index (κ2) is 6.08. The van der Waals surface area contributed by atoms with Gasteiger partial charge in [-0.15, -0.1) is 0 Å². The van der Waals surface area contributed by atoms with E-state index in [2.05, 4.69) is 10.3 Å². The van der Waals surface area contributed by atoms with Crippen LogP contribution in [-0.4, -0.2) is 17.7 Å². The van der Waals surface area contributed by atoms with Crippen molar-refractivity contribution in [2.45, 2.75) is 6.54 Å². The van der Waals surface area contributed by atoms with E-state index >= 15 is 0 Å². The highest BCUT2D eigenvalue weighted by molar-refractivity contribution is 5.97. The molecule has 1 aliphatic heterocycles. The standard InChI is InChI=1S/C18H14N2O4/c21-18(16-17(22-10-20-16)13-4-2-1-3-5-13)19-9-12-6-7-14-15(8-12)24-11-23-14/h1-8,10H,9,11H2,(H,19,21). The van der Waals surface area contributed by atoms with Crippen LogP contribution in [0.2, 0.25) is 0 Å². The monoisotopic (exact) mass is 322 g/mol. The van der Waals surface area contributed by atoms with Crippen LogP contribution >= 0.6 is 0 Å². The molecule has 0 spiro atoms. The lowest BCUT2D eigenvalue weighted by Crippen LogP contribution is -2.23. The number of hydrogen-bond donors (Lipinski definition) is 1. The van der Waals surface area contributed by atoms with Crippen molar-refractivity contribution in [3.63, 3.8) is 0 Å². The first kappa shape index (κ1) is 14.3. The summed E-state index contributed by atoms with van der Waals surface area (Å²) in [5, 5.41) is 2.84. The van der Waals surface area contributed by atoms with Gasteiger partial charge in [-0.25, -0.2) is 4.98 Å². The van der Waals surface area contributed by atoms with Crippen LogP contribution in [0.3, 0.4) is 0 Å². The van der Waals surface area contributed by atoms with Crippen molar-refractivity contribution in [1.29, 1.82) is 0 Å². The zero-order chi connectivity index (χ0) is 16.4. The minimum atomic E-state index is -0.291. The molecule has 0 aliphatic carbocycles. The van der Waals surface area contributed by atoms with E-state index in [4.69, 9.17) is 13.9 Å². The molecule has 0 bridgehead atoms. The number of benzene rings is 2. The fraction of sp³-hybridized carbons (Fsp3) is 0.111. The Morgan fingerprint density at radius 3 is 2.79 bits per heavy atom. The van der Waals surface area contributed by atoms with Crippen LogP contribution in [0.5, 0.6) is 11.5 Å². The molecule has 6 nitrogen and oxygen atoms in total. The molecule has 1 aromatic heterocycles. The highest BCUT2D eigenvalue weighted by Gasteiger charge is 2.18. The van der Waals surface area contributed by atoms with Crippen LogP contribution in [0.25, 0.3) is 11.3 Å². The number of oxazole rings is 1. The molecule has 0 fully saturated rings. The summed E-state index contributed by atoms with van der Waals surface area (Å²) in [5.41, 5.74) is 1.99. The van der Waals surface area contributed by atoms with Crippen LogP contribution in [0.4, 0.5) is 0 Å². The lowest BCUT2D eigenvalue weighted by atomic mass is 10.1. The van der Waals surface area contributed by atoms with Gasteiger partial charge in [-0.3, -0.25) is 4.79 Å². The van der Waals surface area contributed by atoms with E-state index in [1.54, 1.807) is 0 Å². The predicted octanol–water partition coefficient (Wildman–Crippen LogP) is 3.00. The number of nitrogens with zero attached hydrogens (tertiary/aromatic N) is 1. The fourth-order valence-corrected chi connectivity index (χ4v) is 2.52. The molecule has 2 heterocycles. The number of amides is 1. The van der Waals surface area contributed by atoms with Crippen molar-refractivity contribution in [3.05, 3.63) is 66.2 Å². The first-order valence-electron chi connectivity index (χ1n) is 7.47. The van der Waals surface area contributed by atoms with Crippen LogP contribution < -0.4 is 14.8 Å². The number of carbonyl (C=O) groups excluding carboxylic acids is 1. The zero-order valence-corrected chi connectivity index (χ0v) is 12.7. The van der Waals surface area contributed by atoms with Crippen molar-refractivity contribution >= 4 is 5.91 Å². The molecule has 0 saturated heterocycles. The molecule has 4 rings (SSSR count). The van der Waals surface area contributed by atoms with Gasteiger partial charge in [0.25, 0.3) is 5.91 Å². The van der Waals surface area contributed by atoms with Gasteiger partial charge in [0.05, 0.1) is 0 Å². The van der Waals surface area contributed by atoms with E-state index in [0.717, 1.165) is 11.1 Å². The molecule has 0 atom stereocenters. The summed E-state index contributed by atoms with van der Waals surface area (Å²) < 4.78 is 16.0. The molecule has 1 N–H and O–H groups in total. The lowest BCUT2D eigenvalue weighted by molar-refractivity contribution is 0.0946. The number of hydrogen-bond acceptors (Lipinski definition) is 5. The van der Waals surface area contributed by atoms with Gasteiger partial charge in [0.15, 0.2) is 29.3 Å². The third-order valence-electron chi connectivity index (χ3n) is 3.71. The summed E-state index contributed by atoms with van der Waals surface area (Å²) >= 11 is 0. The summed E-state index contributed by atoms with van der Waals surface area (Å²) in [6.07, 6.45) is 1.28. The van der Waals surface area contributed by atoms with Crippen molar-refractivity contribution in [1.82, 2.24) is 10.3 Å². The van der Waals surface area contributed by atoms with E-state index in [1.165, 1.54) is 6.39 Å². The molecule has 0 saturated carbocycles. The molecule has 6 heteroatoms. The quantitative estimate of drug-likeness (QED) is 0.799. The summed E-state index contributed by atoms with van der Waals surface area (Å²) in [6, 6.07) is 15.0. The number of nitrogens with one attached hydrogen (secondary N) is 1. The van der Waals surface area contributed by atoms with Gasteiger partial charge in [-0.05, 0) is 17.7 Å². The maximum atomic E-state index is 12.4. The lowest BCUT2D eigenvalue weighted by Gasteiger charge is -2.06. The Balaban J connectivity index is 1.49. The number of carbonyl (C=O) groups is 1. The van der Waals surface area contributed by atoms with E-state index in [9.17, 15) is 4.79 Å². The van der Waals surface area contributed by atoms with Crippen LogP contribution in [-0.2, 0) is 6.54 Å². The Bertz CT molecular complexity index is 874. The Morgan fingerprint density at radius 1 is 1.08 bits per heavy atom. The minimum absolute atomic E-state index is 0.227. The average molecular weight is 322 g/mol. The maximum absolute atomic E-state index is 12.4. The average Bonchev–Trinajstić information content (AvgIpc) is 3.29. The van der Waals surface area contributed by atoms with Crippen molar-refractivity contribution in [2.75, 3.05) is 6.79 Å². The van der Waals surface area contributed by atoms with Gasteiger partial charge in [0.2, 0.25) is 6.79 Å². The largest absolute Gasteiger partial charge is 0.454 e. The van der Waals surface area contributed by atoms with Crippen molar-refractivity contribution < 1.29 is 18.7 Å². The van der Waals surface area contributed by atoms with Crippen LogP contribution in [0, 0.1) is 0 Å². The molecule has 120 valence electrons. The minimum Gasteiger partial charge on any atom is -0.454 e. The Hall–Kier alpha value is -3.28. The molecule has 0 radical (unpaired) electrons. The second-order valence-corrected chi connectivity index (χ2v) is 5.27. The first-order valence-corrected chi connectivity index (χ1v) is 7.47. The molecular weight excluding hydrogens is 308 g/mol. The third-order valence-corrected chi connectivity index (χ3v) is 3.71. The molecule has 3 aromatic rings. The van der Waals surface area contributed by atoms with Gasteiger partial charge in [-0.2, -0.15) is 0 Å². The van der Waals surface area contributed by atoms with Gasteiger partial charge >= 0.3 is 0 Å². The molecular formula is C18H14N2O4. The SMILES string of the molecule is O=C(NCc1ccc2c(c1)OCO2)c1ncoc1-c1ccccc1. The summed E-state index contributed by atoms with van der Waals surface area (Å²) in [4.78, 5) is 16.5. The number of aromatic nitrogens is 1. The summed E-state index contributed by atoms with van der Waals surface area (Å²) in [6.45, 7) is 0.584. The van der Waals surface area contributed by atoms with Gasteiger partial charge < -0.3 is 19.2 Å². The summed E-state index contributed by atoms with van der Waals surface area (Å²) in [5.74, 6) is 1.57. The Kier molecular flexibility index (Phi) is 3.63. The van der Waals surface area contributed by atoms with E-state index < -0.39 is 0 Å². The van der Waals surface area contributed by atoms with E-state index in [-0.39, 0.29) is 18.4 Å². The number of ether oxygens (including phenoxy) is 2. The van der Waals surface area contributed by atoms with Crippen molar-refractivity contribution in [2.24, 2.45) is 0 Å². The Morgan fingerprint density at radius 2 is 1.92 bits per heavy atom. The molecule has 0 unspecified atom stereocenters. The molecule has 24 heavy (non-hydrogen) atoms. The first-order chi connectivity index (χ1) is 11.8.